The van der Waals surface area contributed by atoms with Crippen molar-refractivity contribution in [1.29, 1.82) is 0 Å². The van der Waals surface area contributed by atoms with Crippen LogP contribution in [0.2, 0.25) is 0 Å². The Labute approximate surface area is 103 Å². The molecule has 0 aliphatic heterocycles. The molecule has 2 aromatic carbocycles. The van der Waals surface area contributed by atoms with Crippen LogP contribution in [0.25, 0.3) is 22.9 Å². The van der Waals surface area contributed by atoms with E-state index in [0.717, 1.165) is 12.8 Å². The third-order valence-electron chi connectivity index (χ3n) is 3.16. The van der Waals surface area contributed by atoms with E-state index in [-0.39, 0.29) is 0 Å². The Hall–Kier alpha value is -1.82. The van der Waals surface area contributed by atoms with Gasteiger partial charge in [0.1, 0.15) is 0 Å². The van der Waals surface area contributed by atoms with Crippen LogP contribution in [0.3, 0.4) is 0 Å². The first-order valence-corrected chi connectivity index (χ1v) is 6.11. The second kappa shape index (κ2) is 5.01. The van der Waals surface area contributed by atoms with Crippen molar-refractivity contribution in [2.75, 3.05) is 0 Å². The predicted octanol–water partition coefficient (Wildman–Crippen LogP) is 5.08. The van der Waals surface area contributed by atoms with E-state index in [1.807, 2.05) is 12.2 Å². The first kappa shape index (κ1) is 11.7. The highest BCUT2D eigenvalue weighted by atomic mass is 14.1. The number of hydrogen-bond acceptors (Lipinski definition) is 0. The summed E-state index contributed by atoms with van der Waals surface area (Å²) in [5.41, 5.74) is 3.82. The molecule has 0 spiro atoms. The molecule has 2 aromatic rings. The van der Waals surface area contributed by atoms with Crippen LogP contribution in [0.5, 0.6) is 0 Å². The summed E-state index contributed by atoms with van der Waals surface area (Å²) in [5, 5.41) is 2.63. The molecule has 0 heteroatoms. The zero-order valence-electron chi connectivity index (χ0n) is 10.4. The van der Waals surface area contributed by atoms with Gasteiger partial charge >= 0.3 is 0 Å². The highest BCUT2D eigenvalue weighted by Gasteiger charge is 2.08. The Morgan fingerprint density at radius 1 is 1.12 bits per heavy atom. The van der Waals surface area contributed by atoms with Crippen LogP contribution in [0, 0.1) is 0 Å². The van der Waals surface area contributed by atoms with Gasteiger partial charge in [0.2, 0.25) is 0 Å². The van der Waals surface area contributed by atoms with Crippen molar-refractivity contribution >= 4 is 22.9 Å². The maximum absolute atomic E-state index is 3.94. The molecule has 0 nitrogen and oxygen atoms in total. The summed E-state index contributed by atoms with van der Waals surface area (Å²) in [6.07, 6.45) is 6.10. The second-order valence-corrected chi connectivity index (χ2v) is 4.24. The first-order valence-electron chi connectivity index (χ1n) is 6.11. The molecular formula is C17H18. The molecule has 0 aliphatic rings. The van der Waals surface area contributed by atoms with Gasteiger partial charge in [0.25, 0.3) is 0 Å². The minimum atomic E-state index is 1.09. The lowest BCUT2D eigenvalue weighted by atomic mass is 9.91. The van der Waals surface area contributed by atoms with Crippen molar-refractivity contribution < 1.29 is 0 Å². The highest BCUT2D eigenvalue weighted by molar-refractivity contribution is 5.92. The maximum Gasteiger partial charge on any atom is -0.0146 e. The average molecular weight is 222 g/mol. The number of aryl methyl sites for hydroxylation is 1. The summed E-state index contributed by atoms with van der Waals surface area (Å²) < 4.78 is 0. The summed E-state index contributed by atoms with van der Waals surface area (Å²) in [6.45, 7) is 10.1. The van der Waals surface area contributed by atoms with Crippen LogP contribution >= 0.6 is 0 Å². The third kappa shape index (κ3) is 2.03. The molecule has 0 saturated heterocycles. The molecular weight excluding hydrogens is 204 g/mol. The van der Waals surface area contributed by atoms with Gasteiger partial charge in [-0.25, -0.2) is 0 Å². The molecule has 17 heavy (non-hydrogen) atoms. The van der Waals surface area contributed by atoms with Crippen LogP contribution in [-0.4, -0.2) is 0 Å². The lowest BCUT2D eigenvalue weighted by Crippen LogP contribution is -1.94. The van der Waals surface area contributed by atoms with Gasteiger partial charge in [0.05, 0.1) is 0 Å². The van der Waals surface area contributed by atoms with Crippen molar-refractivity contribution in [1.82, 2.24) is 0 Å². The molecule has 0 fully saturated rings. The number of rotatable bonds is 4. The van der Waals surface area contributed by atoms with Crippen LogP contribution < -0.4 is 0 Å². The molecule has 0 bridgehead atoms. The van der Waals surface area contributed by atoms with Crippen molar-refractivity contribution in [3.63, 3.8) is 0 Å². The number of hydrogen-bond donors (Lipinski definition) is 0. The molecule has 2 rings (SSSR count). The monoisotopic (exact) mass is 222 g/mol. The Morgan fingerprint density at radius 3 is 2.53 bits per heavy atom. The van der Waals surface area contributed by atoms with Crippen LogP contribution in [0.1, 0.15) is 30.0 Å². The molecule has 0 N–H and O–H groups in total. The highest BCUT2D eigenvalue weighted by Crippen LogP contribution is 2.28. The van der Waals surface area contributed by atoms with E-state index >= 15 is 0 Å². The lowest BCUT2D eigenvalue weighted by Gasteiger charge is -2.13. The average Bonchev–Trinajstić information content (AvgIpc) is 2.38. The van der Waals surface area contributed by atoms with Crippen molar-refractivity contribution in [3.05, 3.63) is 60.2 Å². The van der Waals surface area contributed by atoms with Crippen LogP contribution in [0.4, 0.5) is 0 Å². The quantitative estimate of drug-likeness (QED) is 0.676. The molecule has 0 heterocycles. The van der Waals surface area contributed by atoms with Gasteiger partial charge in [-0.3, -0.25) is 0 Å². The van der Waals surface area contributed by atoms with Crippen molar-refractivity contribution in [2.24, 2.45) is 0 Å². The molecule has 86 valence electrons. The van der Waals surface area contributed by atoms with E-state index in [4.69, 9.17) is 0 Å². The summed E-state index contributed by atoms with van der Waals surface area (Å²) in [6, 6.07) is 10.7. The van der Waals surface area contributed by atoms with E-state index in [0.29, 0.717) is 0 Å². The van der Waals surface area contributed by atoms with Gasteiger partial charge in [0, 0.05) is 0 Å². The van der Waals surface area contributed by atoms with Gasteiger partial charge in [-0.05, 0) is 39.9 Å². The number of benzene rings is 2. The minimum absolute atomic E-state index is 1.09. The molecule has 0 unspecified atom stereocenters. The molecule has 0 saturated carbocycles. The van der Waals surface area contributed by atoms with Gasteiger partial charge in [-0.15, -0.1) is 0 Å². The SMILES string of the molecule is C=Cc1cc2ccccc2c(CCC)c1C=C. The first-order chi connectivity index (χ1) is 8.31. The van der Waals surface area contributed by atoms with Gasteiger partial charge in [-0.2, -0.15) is 0 Å². The van der Waals surface area contributed by atoms with E-state index in [2.05, 4.69) is 50.4 Å². The Balaban J connectivity index is 2.85. The standard InChI is InChI=1S/C17H18/c1-4-9-17-15(6-3)13(5-2)12-14-10-7-8-11-16(14)17/h5-8,10-12H,2-4,9H2,1H3. The van der Waals surface area contributed by atoms with Gasteiger partial charge in [0.15, 0.2) is 0 Å². The van der Waals surface area contributed by atoms with E-state index in [1.165, 1.54) is 27.5 Å². The van der Waals surface area contributed by atoms with Crippen LogP contribution in [0.15, 0.2) is 43.5 Å². The Morgan fingerprint density at radius 2 is 1.88 bits per heavy atom. The summed E-state index contributed by atoms with van der Waals surface area (Å²) in [5.74, 6) is 0. The fourth-order valence-corrected chi connectivity index (χ4v) is 2.39. The fourth-order valence-electron chi connectivity index (χ4n) is 2.39. The number of fused-ring (bicyclic) bond motifs is 1. The molecule has 0 aliphatic carbocycles. The van der Waals surface area contributed by atoms with Crippen molar-refractivity contribution in [3.8, 4) is 0 Å². The normalized spacial score (nSPS) is 10.4. The molecule has 0 radical (unpaired) electrons. The Bertz CT molecular complexity index is 562. The van der Waals surface area contributed by atoms with E-state index in [1.54, 1.807) is 0 Å². The summed E-state index contributed by atoms with van der Waals surface area (Å²) >= 11 is 0. The topological polar surface area (TPSA) is 0 Å². The summed E-state index contributed by atoms with van der Waals surface area (Å²) in [7, 11) is 0. The van der Waals surface area contributed by atoms with E-state index < -0.39 is 0 Å². The Kier molecular flexibility index (Phi) is 3.43. The molecule has 0 atom stereocenters. The molecule has 0 aromatic heterocycles. The molecule has 0 amide bonds. The van der Waals surface area contributed by atoms with Crippen molar-refractivity contribution in [2.45, 2.75) is 19.8 Å². The zero-order chi connectivity index (χ0) is 12.3. The fraction of sp³-hybridized carbons (Fsp3) is 0.176. The largest absolute Gasteiger partial charge is 0.0984 e. The minimum Gasteiger partial charge on any atom is -0.0984 e. The second-order valence-electron chi connectivity index (χ2n) is 4.24. The smallest absolute Gasteiger partial charge is 0.0146 e. The third-order valence-corrected chi connectivity index (χ3v) is 3.16. The van der Waals surface area contributed by atoms with E-state index in [9.17, 15) is 0 Å². The van der Waals surface area contributed by atoms with Gasteiger partial charge in [-0.1, -0.05) is 62.9 Å². The van der Waals surface area contributed by atoms with Gasteiger partial charge < -0.3 is 0 Å². The summed E-state index contributed by atoms with van der Waals surface area (Å²) in [4.78, 5) is 0. The predicted molar refractivity (Wildman–Crippen MR) is 78.1 cm³/mol. The lowest BCUT2D eigenvalue weighted by molar-refractivity contribution is 0.927. The maximum atomic E-state index is 3.94. The zero-order valence-corrected chi connectivity index (χ0v) is 10.4. The van der Waals surface area contributed by atoms with Crippen LogP contribution in [-0.2, 0) is 6.42 Å².